The number of hydrogen-bond acceptors (Lipinski definition) is 6. The zero-order valence-corrected chi connectivity index (χ0v) is 9.82. The Labute approximate surface area is 93.6 Å². The fraction of sp³-hybridized carbons (Fsp3) is 0.444. The Balaban J connectivity index is 2.88. The maximum absolute atomic E-state index is 11.2. The SMILES string of the molecule is CCOC(=O)Cc1ccnc(S(C)(=O)=O)n1. The average molecular weight is 244 g/mol. The molecular formula is C9H12N2O4S. The molecule has 0 spiro atoms. The molecular weight excluding hydrogens is 232 g/mol. The Bertz CT molecular complexity index is 484. The number of carbonyl (C=O) groups excluding carboxylic acids is 1. The summed E-state index contributed by atoms with van der Waals surface area (Å²) in [6.45, 7) is 1.97. The van der Waals surface area contributed by atoms with Crippen LogP contribution >= 0.6 is 0 Å². The van der Waals surface area contributed by atoms with Crippen LogP contribution in [0.5, 0.6) is 0 Å². The maximum atomic E-state index is 11.2. The normalized spacial score (nSPS) is 11.1. The lowest BCUT2D eigenvalue weighted by Gasteiger charge is -2.02. The third kappa shape index (κ3) is 3.58. The number of ether oxygens (including phenoxy) is 1. The van der Waals surface area contributed by atoms with Gasteiger partial charge >= 0.3 is 5.97 Å². The van der Waals surface area contributed by atoms with Gasteiger partial charge in [-0.2, -0.15) is 0 Å². The molecule has 0 N–H and O–H groups in total. The Morgan fingerprint density at radius 3 is 2.75 bits per heavy atom. The molecule has 0 aliphatic heterocycles. The maximum Gasteiger partial charge on any atom is 0.311 e. The van der Waals surface area contributed by atoms with Gasteiger partial charge in [-0.25, -0.2) is 18.4 Å². The summed E-state index contributed by atoms with van der Waals surface area (Å²) in [6.07, 6.45) is 2.26. The summed E-state index contributed by atoms with van der Waals surface area (Å²) >= 11 is 0. The fourth-order valence-corrected chi connectivity index (χ4v) is 1.55. The molecule has 0 aliphatic carbocycles. The van der Waals surface area contributed by atoms with Crippen molar-refractivity contribution in [2.24, 2.45) is 0 Å². The molecule has 0 atom stereocenters. The molecule has 0 saturated carbocycles. The van der Waals surface area contributed by atoms with Crippen LogP contribution in [0.15, 0.2) is 17.4 Å². The van der Waals surface area contributed by atoms with Crippen molar-refractivity contribution < 1.29 is 17.9 Å². The van der Waals surface area contributed by atoms with Crippen LogP contribution in [0.3, 0.4) is 0 Å². The highest BCUT2D eigenvalue weighted by Crippen LogP contribution is 2.03. The van der Waals surface area contributed by atoms with E-state index >= 15 is 0 Å². The van der Waals surface area contributed by atoms with Crippen molar-refractivity contribution in [2.45, 2.75) is 18.5 Å². The fourth-order valence-electron chi connectivity index (χ4n) is 1.01. The quantitative estimate of drug-likeness (QED) is 0.546. The topological polar surface area (TPSA) is 86.2 Å². The van der Waals surface area contributed by atoms with E-state index in [0.717, 1.165) is 6.26 Å². The van der Waals surface area contributed by atoms with Crippen molar-refractivity contribution >= 4 is 15.8 Å². The highest BCUT2D eigenvalue weighted by atomic mass is 32.2. The van der Waals surface area contributed by atoms with Gasteiger partial charge in [0.25, 0.3) is 0 Å². The van der Waals surface area contributed by atoms with Crippen LogP contribution in [-0.4, -0.2) is 37.2 Å². The summed E-state index contributed by atoms with van der Waals surface area (Å²) in [4.78, 5) is 18.5. The van der Waals surface area contributed by atoms with Gasteiger partial charge in [0.15, 0.2) is 0 Å². The summed E-state index contributed by atoms with van der Waals surface area (Å²) in [6, 6.07) is 1.48. The molecule has 0 bridgehead atoms. The molecule has 0 aliphatic rings. The monoisotopic (exact) mass is 244 g/mol. The average Bonchev–Trinajstić information content (AvgIpc) is 2.17. The Hall–Kier alpha value is -1.50. The molecule has 0 radical (unpaired) electrons. The molecule has 0 aromatic carbocycles. The van der Waals surface area contributed by atoms with Crippen molar-refractivity contribution in [1.29, 1.82) is 0 Å². The van der Waals surface area contributed by atoms with Gasteiger partial charge in [-0.3, -0.25) is 4.79 Å². The van der Waals surface area contributed by atoms with Gasteiger partial charge < -0.3 is 4.74 Å². The highest BCUT2D eigenvalue weighted by Gasteiger charge is 2.13. The van der Waals surface area contributed by atoms with Gasteiger partial charge in [-0.1, -0.05) is 0 Å². The minimum absolute atomic E-state index is 0.0567. The van der Waals surface area contributed by atoms with Crippen LogP contribution < -0.4 is 0 Å². The van der Waals surface area contributed by atoms with E-state index in [-0.39, 0.29) is 18.2 Å². The molecule has 1 rings (SSSR count). The molecule has 88 valence electrons. The van der Waals surface area contributed by atoms with Crippen LogP contribution in [0, 0.1) is 0 Å². The lowest BCUT2D eigenvalue weighted by molar-refractivity contribution is -0.142. The van der Waals surface area contributed by atoms with E-state index in [0.29, 0.717) is 5.69 Å². The van der Waals surface area contributed by atoms with Gasteiger partial charge in [0.1, 0.15) is 0 Å². The summed E-state index contributed by atoms with van der Waals surface area (Å²) in [5.41, 5.74) is 0.328. The number of esters is 1. The number of nitrogens with zero attached hydrogens (tertiary/aromatic N) is 2. The van der Waals surface area contributed by atoms with E-state index in [2.05, 4.69) is 9.97 Å². The number of hydrogen-bond donors (Lipinski definition) is 0. The molecule has 1 aromatic rings. The van der Waals surface area contributed by atoms with Gasteiger partial charge in [0, 0.05) is 12.5 Å². The van der Waals surface area contributed by atoms with E-state index in [1.165, 1.54) is 12.3 Å². The predicted octanol–water partition coefficient (Wildman–Crippen LogP) is -0.0143. The van der Waals surface area contributed by atoms with Crippen molar-refractivity contribution in [3.05, 3.63) is 18.0 Å². The second kappa shape index (κ2) is 5.02. The van der Waals surface area contributed by atoms with Crippen LogP contribution in [0.4, 0.5) is 0 Å². The zero-order chi connectivity index (χ0) is 12.2. The van der Waals surface area contributed by atoms with Gasteiger partial charge in [0.2, 0.25) is 15.0 Å². The molecule has 0 saturated heterocycles. The van der Waals surface area contributed by atoms with E-state index in [1.807, 2.05) is 0 Å². The Kier molecular flexibility index (Phi) is 3.94. The molecule has 0 amide bonds. The van der Waals surface area contributed by atoms with Crippen molar-refractivity contribution in [2.75, 3.05) is 12.9 Å². The standard InChI is InChI=1S/C9H12N2O4S/c1-3-15-8(12)6-7-4-5-10-9(11-7)16(2,13)14/h4-5H,3,6H2,1-2H3. The molecule has 6 nitrogen and oxygen atoms in total. The largest absolute Gasteiger partial charge is 0.466 e. The Morgan fingerprint density at radius 2 is 2.19 bits per heavy atom. The molecule has 1 aromatic heterocycles. The third-order valence-electron chi connectivity index (χ3n) is 1.65. The number of sulfone groups is 1. The first-order valence-corrected chi connectivity index (χ1v) is 6.50. The predicted molar refractivity (Wildman–Crippen MR) is 55.5 cm³/mol. The lowest BCUT2D eigenvalue weighted by atomic mass is 10.3. The van der Waals surface area contributed by atoms with Crippen LogP contribution in [0.1, 0.15) is 12.6 Å². The van der Waals surface area contributed by atoms with E-state index in [9.17, 15) is 13.2 Å². The number of aromatic nitrogens is 2. The second-order valence-corrected chi connectivity index (χ2v) is 4.99. The lowest BCUT2D eigenvalue weighted by Crippen LogP contribution is -2.11. The third-order valence-corrected chi connectivity index (χ3v) is 2.51. The Morgan fingerprint density at radius 1 is 1.50 bits per heavy atom. The zero-order valence-electron chi connectivity index (χ0n) is 9.00. The minimum atomic E-state index is -3.45. The van der Waals surface area contributed by atoms with Crippen LogP contribution in [0.25, 0.3) is 0 Å². The number of carbonyl (C=O) groups is 1. The molecule has 0 unspecified atom stereocenters. The first kappa shape index (κ1) is 12.6. The molecule has 0 fully saturated rings. The van der Waals surface area contributed by atoms with E-state index in [4.69, 9.17) is 4.74 Å². The highest BCUT2D eigenvalue weighted by molar-refractivity contribution is 7.90. The van der Waals surface area contributed by atoms with E-state index in [1.54, 1.807) is 6.92 Å². The first-order valence-electron chi connectivity index (χ1n) is 4.61. The smallest absolute Gasteiger partial charge is 0.311 e. The molecule has 16 heavy (non-hydrogen) atoms. The van der Waals surface area contributed by atoms with Gasteiger partial charge in [-0.15, -0.1) is 0 Å². The van der Waals surface area contributed by atoms with Crippen LogP contribution in [0.2, 0.25) is 0 Å². The minimum Gasteiger partial charge on any atom is -0.466 e. The van der Waals surface area contributed by atoms with Gasteiger partial charge in [0.05, 0.1) is 18.7 Å². The summed E-state index contributed by atoms with van der Waals surface area (Å²) in [5.74, 6) is -0.444. The summed E-state index contributed by atoms with van der Waals surface area (Å²) < 4.78 is 27.0. The van der Waals surface area contributed by atoms with Crippen molar-refractivity contribution in [3.63, 3.8) is 0 Å². The number of rotatable bonds is 4. The van der Waals surface area contributed by atoms with Crippen molar-refractivity contribution in [1.82, 2.24) is 9.97 Å². The van der Waals surface area contributed by atoms with E-state index < -0.39 is 15.8 Å². The first-order chi connectivity index (χ1) is 7.43. The molecule has 1 heterocycles. The molecule has 7 heteroatoms. The van der Waals surface area contributed by atoms with Gasteiger partial charge in [-0.05, 0) is 13.0 Å². The van der Waals surface area contributed by atoms with Crippen LogP contribution in [-0.2, 0) is 25.8 Å². The second-order valence-electron chi connectivity index (χ2n) is 3.08. The summed E-state index contributed by atoms with van der Waals surface area (Å²) in [5, 5.41) is -0.283. The summed E-state index contributed by atoms with van der Waals surface area (Å²) in [7, 11) is -3.45. The van der Waals surface area contributed by atoms with Crippen molar-refractivity contribution in [3.8, 4) is 0 Å².